The molecule has 0 saturated carbocycles. The standard InChI is InChI=1S/C12H14BrF3N2/c13-9-1-2-10(17)11(7-9)18-5-3-8(4-6-18)12(14,15)16/h1-2,7-8H,3-6,17H2. The van der Waals surface area contributed by atoms with Crippen LogP contribution in [0.15, 0.2) is 22.7 Å². The molecule has 1 fully saturated rings. The van der Waals surface area contributed by atoms with Crippen LogP contribution in [-0.4, -0.2) is 19.3 Å². The quantitative estimate of drug-likeness (QED) is 0.797. The summed E-state index contributed by atoms with van der Waals surface area (Å²) < 4.78 is 38.6. The molecule has 0 radical (unpaired) electrons. The molecular weight excluding hydrogens is 309 g/mol. The Morgan fingerprint density at radius 1 is 1.22 bits per heavy atom. The van der Waals surface area contributed by atoms with Crippen LogP contribution in [0.4, 0.5) is 24.5 Å². The van der Waals surface area contributed by atoms with Crippen LogP contribution in [0.25, 0.3) is 0 Å². The van der Waals surface area contributed by atoms with Crippen molar-refractivity contribution in [2.45, 2.75) is 19.0 Å². The number of nitrogen functional groups attached to an aromatic ring is 1. The number of alkyl halides is 3. The Kier molecular flexibility index (Phi) is 3.75. The zero-order chi connectivity index (χ0) is 13.3. The highest BCUT2D eigenvalue weighted by Crippen LogP contribution is 2.37. The summed E-state index contributed by atoms with van der Waals surface area (Å²) in [6, 6.07) is 5.43. The van der Waals surface area contributed by atoms with Crippen molar-refractivity contribution in [2.75, 3.05) is 23.7 Å². The third-order valence-electron chi connectivity index (χ3n) is 3.29. The lowest BCUT2D eigenvalue weighted by atomic mass is 9.96. The number of nitrogens with two attached hydrogens (primary N) is 1. The molecule has 6 heteroatoms. The summed E-state index contributed by atoms with van der Waals surface area (Å²) in [5.41, 5.74) is 7.27. The van der Waals surface area contributed by atoms with Crippen LogP contribution in [0, 0.1) is 5.92 Å². The molecule has 2 rings (SSSR count). The van der Waals surface area contributed by atoms with Crippen molar-refractivity contribution in [3.8, 4) is 0 Å². The molecule has 1 aromatic carbocycles. The van der Waals surface area contributed by atoms with E-state index in [0.717, 1.165) is 10.2 Å². The van der Waals surface area contributed by atoms with Crippen molar-refractivity contribution in [3.05, 3.63) is 22.7 Å². The van der Waals surface area contributed by atoms with Gasteiger partial charge < -0.3 is 10.6 Å². The maximum Gasteiger partial charge on any atom is 0.391 e. The smallest absolute Gasteiger partial charge is 0.391 e. The molecule has 0 spiro atoms. The molecule has 0 atom stereocenters. The first-order valence-corrected chi connectivity index (χ1v) is 6.54. The average Bonchev–Trinajstić information content (AvgIpc) is 2.31. The number of hydrogen-bond donors (Lipinski definition) is 1. The van der Waals surface area contributed by atoms with E-state index in [1.807, 2.05) is 17.0 Å². The van der Waals surface area contributed by atoms with E-state index in [1.165, 1.54) is 0 Å². The van der Waals surface area contributed by atoms with Gasteiger partial charge in [0, 0.05) is 17.6 Å². The van der Waals surface area contributed by atoms with E-state index in [9.17, 15) is 13.2 Å². The molecule has 0 aromatic heterocycles. The topological polar surface area (TPSA) is 29.3 Å². The highest BCUT2D eigenvalue weighted by molar-refractivity contribution is 9.10. The summed E-state index contributed by atoms with van der Waals surface area (Å²) in [4.78, 5) is 1.92. The molecule has 1 saturated heterocycles. The Morgan fingerprint density at radius 3 is 2.39 bits per heavy atom. The maximum absolute atomic E-state index is 12.6. The van der Waals surface area contributed by atoms with E-state index < -0.39 is 12.1 Å². The van der Waals surface area contributed by atoms with Crippen molar-refractivity contribution in [1.29, 1.82) is 0 Å². The number of piperidine rings is 1. The Hall–Kier alpha value is -0.910. The van der Waals surface area contributed by atoms with Gasteiger partial charge in [-0.25, -0.2) is 0 Å². The first kappa shape index (κ1) is 13.5. The fourth-order valence-corrected chi connectivity index (χ4v) is 2.59. The van der Waals surface area contributed by atoms with Gasteiger partial charge in [0.15, 0.2) is 0 Å². The third kappa shape index (κ3) is 2.91. The van der Waals surface area contributed by atoms with Gasteiger partial charge in [-0.1, -0.05) is 15.9 Å². The van der Waals surface area contributed by atoms with Gasteiger partial charge in [-0.05, 0) is 31.0 Å². The first-order valence-electron chi connectivity index (χ1n) is 5.74. The summed E-state index contributed by atoms with van der Waals surface area (Å²) in [6.07, 6.45) is -3.81. The third-order valence-corrected chi connectivity index (χ3v) is 3.78. The van der Waals surface area contributed by atoms with E-state index in [-0.39, 0.29) is 12.8 Å². The molecule has 2 nitrogen and oxygen atoms in total. The number of hydrogen-bond acceptors (Lipinski definition) is 2. The lowest BCUT2D eigenvalue weighted by molar-refractivity contribution is -0.179. The zero-order valence-electron chi connectivity index (χ0n) is 9.67. The van der Waals surface area contributed by atoms with Gasteiger partial charge in [0.2, 0.25) is 0 Å². The summed E-state index contributed by atoms with van der Waals surface area (Å²) >= 11 is 3.34. The lowest BCUT2D eigenvalue weighted by Crippen LogP contribution is -2.39. The fourth-order valence-electron chi connectivity index (χ4n) is 2.24. The number of anilines is 2. The summed E-state index contributed by atoms with van der Waals surface area (Å²) in [7, 11) is 0. The van der Waals surface area contributed by atoms with Crippen LogP contribution < -0.4 is 10.6 Å². The molecule has 0 aliphatic carbocycles. The minimum Gasteiger partial charge on any atom is -0.397 e. The number of benzene rings is 1. The molecule has 18 heavy (non-hydrogen) atoms. The van der Waals surface area contributed by atoms with Crippen molar-refractivity contribution in [1.82, 2.24) is 0 Å². The van der Waals surface area contributed by atoms with Crippen LogP contribution >= 0.6 is 15.9 Å². The van der Waals surface area contributed by atoms with E-state index in [2.05, 4.69) is 15.9 Å². The Bertz CT molecular complexity index is 426. The van der Waals surface area contributed by atoms with Crippen molar-refractivity contribution in [3.63, 3.8) is 0 Å². The van der Waals surface area contributed by atoms with Crippen LogP contribution in [0.3, 0.4) is 0 Å². The van der Waals surface area contributed by atoms with Crippen LogP contribution in [0.5, 0.6) is 0 Å². The van der Waals surface area contributed by atoms with Gasteiger partial charge in [-0.3, -0.25) is 0 Å². The molecule has 1 aromatic rings. The summed E-state index contributed by atoms with van der Waals surface area (Å²) in [5, 5.41) is 0. The zero-order valence-corrected chi connectivity index (χ0v) is 11.3. The van der Waals surface area contributed by atoms with Crippen molar-refractivity contribution < 1.29 is 13.2 Å². The normalized spacial score (nSPS) is 18.1. The fraction of sp³-hybridized carbons (Fsp3) is 0.500. The summed E-state index contributed by atoms with van der Waals surface area (Å²) in [5.74, 6) is -1.18. The van der Waals surface area contributed by atoms with Crippen molar-refractivity contribution >= 4 is 27.3 Å². The van der Waals surface area contributed by atoms with Gasteiger partial charge in [-0.15, -0.1) is 0 Å². The Balaban J connectivity index is 2.08. The molecule has 0 unspecified atom stereocenters. The van der Waals surface area contributed by atoms with Crippen LogP contribution in [0.2, 0.25) is 0 Å². The van der Waals surface area contributed by atoms with Gasteiger partial charge in [0.05, 0.1) is 17.3 Å². The Labute approximate surface area is 112 Å². The predicted octanol–water partition coefficient (Wildman–Crippen LogP) is 3.81. The average molecular weight is 323 g/mol. The van der Waals surface area contributed by atoms with Crippen LogP contribution in [0.1, 0.15) is 12.8 Å². The second-order valence-electron chi connectivity index (χ2n) is 4.51. The first-order chi connectivity index (χ1) is 8.38. The number of rotatable bonds is 1. The molecule has 1 aliphatic heterocycles. The molecule has 1 heterocycles. The Morgan fingerprint density at radius 2 is 1.83 bits per heavy atom. The van der Waals surface area contributed by atoms with Gasteiger partial charge in [-0.2, -0.15) is 13.2 Å². The molecule has 100 valence electrons. The molecule has 1 aliphatic rings. The second-order valence-corrected chi connectivity index (χ2v) is 5.42. The second kappa shape index (κ2) is 4.99. The highest BCUT2D eigenvalue weighted by Gasteiger charge is 2.41. The molecule has 0 bridgehead atoms. The van der Waals surface area contributed by atoms with Crippen LogP contribution in [-0.2, 0) is 0 Å². The predicted molar refractivity (Wildman–Crippen MR) is 69.5 cm³/mol. The van der Waals surface area contributed by atoms with E-state index >= 15 is 0 Å². The number of nitrogens with zero attached hydrogens (tertiary/aromatic N) is 1. The molecular formula is C12H14BrF3N2. The minimum atomic E-state index is -4.07. The highest BCUT2D eigenvalue weighted by atomic mass is 79.9. The minimum absolute atomic E-state index is 0.134. The van der Waals surface area contributed by atoms with Gasteiger partial charge in [0.1, 0.15) is 0 Å². The maximum atomic E-state index is 12.6. The summed E-state index contributed by atoms with van der Waals surface area (Å²) in [6.45, 7) is 0.787. The van der Waals surface area contributed by atoms with Gasteiger partial charge >= 0.3 is 6.18 Å². The lowest BCUT2D eigenvalue weighted by Gasteiger charge is -2.35. The van der Waals surface area contributed by atoms with Gasteiger partial charge in [0.25, 0.3) is 0 Å². The van der Waals surface area contributed by atoms with E-state index in [1.54, 1.807) is 6.07 Å². The van der Waals surface area contributed by atoms with Crippen molar-refractivity contribution in [2.24, 2.45) is 5.92 Å². The molecule has 2 N–H and O–H groups in total. The van der Waals surface area contributed by atoms with E-state index in [4.69, 9.17) is 5.73 Å². The largest absolute Gasteiger partial charge is 0.397 e. The van der Waals surface area contributed by atoms with E-state index in [0.29, 0.717) is 18.8 Å². The molecule has 0 amide bonds. The number of halogens is 4. The monoisotopic (exact) mass is 322 g/mol. The SMILES string of the molecule is Nc1ccc(Br)cc1N1CCC(C(F)(F)F)CC1.